The Bertz CT molecular complexity index is 1160. The summed E-state index contributed by atoms with van der Waals surface area (Å²) in [6.45, 7) is 0. The summed E-state index contributed by atoms with van der Waals surface area (Å²) in [7, 11) is 5.63. The molecule has 1 aliphatic heterocycles. The third-order valence-electron chi connectivity index (χ3n) is 5.14. The van der Waals surface area contributed by atoms with E-state index >= 15 is 0 Å². The second-order valence-electron chi connectivity index (χ2n) is 7.49. The zero-order valence-corrected chi connectivity index (χ0v) is 18.3. The van der Waals surface area contributed by atoms with E-state index < -0.39 is 6.17 Å². The van der Waals surface area contributed by atoms with Crippen LogP contribution in [0.1, 0.15) is 17.3 Å². The SMILES string of the molecule is COc1ccc(/C=C(\C#N)C2=NC(c3ccc(N(C)C)cc3)N(c3ccccc3)O2)cc1. The number of hydrogen-bond donors (Lipinski definition) is 0. The van der Waals surface area contributed by atoms with Gasteiger partial charge in [-0.25, -0.2) is 4.99 Å². The number of hydroxylamine groups is 1. The lowest BCUT2D eigenvalue weighted by Crippen LogP contribution is -2.23. The minimum absolute atomic E-state index is 0.286. The largest absolute Gasteiger partial charge is 0.497 e. The summed E-state index contributed by atoms with van der Waals surface area (Å²) in [5.74, 6) is 1.04. The Labute approximate surface area is 188 Å². The summed E-state index contributed by atoms with van der Waals surface area (Å²) in [4.78, 5) is 12.9. The van der Waals surface area contributed by atoms with Crippen molar-refractivity contribution in [1.29, 1.82) is 5.26 Å². The Balaban J connectivity index is 1.70. The lowest BCUT2D eigenvalue weighted by molar-refractivity contribution is 0.269. The first-order valence-corrected chi connectivity index (χ1v) is 10.2. The zero-order chi connectivity index (χ0) is 22.5. The van der Waals surface area contributed by atoms with Crippen LogP contribution in [0.4, 0.5) is 11.4 Å². The number of para-hydroxylation sites is 1. The standard InChI is InChI=1S/C26H24N4O2/c1-29(2)22-13-11-20(12-14-22)25-28-26(32-30(25)23-7-5-4-6-8-23)21(18-27)17-19-9-15-24(31-3)16-10-19/h4-17,25H,1-3H3/b21-17+. The van der Waals surface area contributed by atoms with Gasteiger partial charge in [-0.05, 0) is 53.6 Å². The molecule has 0 amide bonds. The molecule has 3 aromatic rings. The van der Waals surface area contributed by atoms with Crippen molar-refractivity contribution in [2.75, 3.05) is 31.2 Å². The van der Waals surface area contributed by atoms with E-state index in [1.54, 1.807) is 18.2 Å². The molecule has 4 rings (SSSR count). The van der Waals surface area contributed by atoms with E-state index in [0.717, 1.165) is 28.3 Å². The van der Waals surface area contributed by atoms with Gasteiger partial charge in [0.15, 0.2) is 6.17 Å². The molecule has 160 valence electrons. The first kappa shape index (κ1) is 21.0. The molecule has 1 unspecified atom stereocenters. The van der Waals surface area contributed by atoms with Crippen LogP contribution >= 0.6 is 0 Å². The fourth-order valence-electron chi connectivity index (χ4n) is 3.38. The monoisotopic (exact) mass is 424 g/mol. The van der Waals surface area contributed by atoms with Crippen molar-refractivity contribution in [3.8, 4) is 11.8 Å². The number of rotatable bonds is 6. The molecular formula is C26H24N4O2. The summed E-state index contributed by atoms with van der Waals surface area (Å²) in [6, 6.07) is 27.6. The quantitative estimate of drug-likeness (QED) is 0.508. The Kier molecular flexibility index (Phi) is 6.09. The number of benzene rings is 3. The first-order chi connectivity index (χ1) is 15.6. The molecule has 0 N–H and O–H groups in total. The number of anilines is 2. The molecule has 1 atom stereocenters. The number of ether oxygens (including phenoxy) is 1. The Morgan fingerprint density at radius 2 is 1.72 bits per heavy atom. The maximum Gasteiger partial charge on any atom is 0.262 e. The fraction of sp³-hybridized carbons (Fsp3) is 0.154. The molecule has 6 heteroatoms. The van der Waals surface area contributed by atoms with E-state index in [2.05, 4.69) is 6.07 Å². The minimum Gasteiger partial charge on any atom is -0.497 e. The van der Waals surface area contributed by atoms with Crippen LogP contribution in [-0.2, 0) is 4.84 Å². The normalized spacial score (nSPS) is 15.6. The summed E-state index contributed by atoms with van der Waals surface area (Å²) in [6.07, 6.45) is 1.36. The fourth-order valence-corrected chi connectivity index (χ4v) is 3.38. The molecule has 3 aromatic carbocycles. The molecule has 0 saturated carbocycles. The van der Waals surface area contributed by atoms with Crippen LogP contribution in [0.15, 0.2) is 89.4 Å². The molecule has 0 saturated heterocycles. The minimum atomic E-state index is -0.406. The molecule has 0 bridgehead atoms. The number of aliphatic imine (C=N–C) groups is 1. The van der Waals surface area contributed by atoms with Crippen LogP contribution in [0.5, 0.6) is 5.75 Å². The van der Waals surface area contributed by atoms with E-state index in [-0.39, 0.29) is 5.90 Å². The van der Waals surface area contributed by atoms with E-state index in [9.17, 15) is 5.26 Å². The van der Waals surface area contributed by atoms with Gasteiger partial charge < -0.3 is 14.5 Å². The first-order valence-electron chi connectivity index (χ1n) is 10.2. The molecule has 0 fully saturated rings. The molecular weight excluding hydrogens is 400 g/mol. The van der Waals surface area contributed by atoms with Crippen LogP contribution < -0.4 is 14.7 Å². The molecule has 0 aliphatic carbocycles. The van der Waals surface area contributed by atoms with Crippen molar-refractivity contribution in [1.82, 2.24) is 0 Å². The Hall–Kier alpha value is -4.24. The van der Waals surface area contributed by atoms with Gasteiger partial charge in [-0.15, -0.1) is 0 Å². The van der Waals surface area contributed by atoms with Gasteiger partial charge in [0.1, 0.15) is 17.4 Å². The summed E-state index contributed by atoms with van der Waals surface area (Å²) >= 11 is 0. The highest BCUT2D eigenvalue weighted by Gasteiger charge is 2.32. The van der Waals surface area contributed by atoms with Gasteiger partial charge in [-0.2, -0.15) is 10.3 Å². The van der Waals surface area contributed by atoms with E-state index in [4.69, 9.17) is 14.6 Å². The summed E-state index contributed by atoms with van der Waals surface area (Å²) < 4.78 is 5.21. The molecule has 1 heterocycles. The third kappa shape index (κ3) is 4.42. The number of methoxy groups -OCH3 is 1. The van der Waals surface area contributed by atoms with Crippen molar-refractivity contribution in [2.24, 2.45) is 4.99 Å². The van der Waals surface area contributed by atoms with E-state index in [1.165, 1.54) is 0 Å². The second-order valence-corrected chi connectivity index (χ2v) is 7.49. The van der Waals surface area contributed by atoms with E-state index in [1.807, 2.05) is 97.9 Å². The second kappa shape index (κ2) is 9.27. The van der Waals surface area contributed by atoms with Crippen molar-refractivity contribution in [3.63, 3.8) is 0 Å². The molecule has 32 heavy (non-hydrogen) atoms. The molecule has 1 aliphatic rings. The lowest BCUT2D eigenvalue weighted by atomic mass is 10.1. The van der Waals surface area contributed by atoms with Crippen LogP contribution in [0.25, 0.3) is 6.08 Å². The van der Waals surface area contributed by atoms with Crippen LogP contribution in [0, 0.1) is 11.3 Å². The average Bonchev–Trinajstić information content (AvgIpc) is 3.29. The van der Waals surface area contributed by atoms with Gasteiger partial charge in [0.2, 0.25) is 0 Å². The maximum atomic E-state index is 9.83. The number of nitrogens with zero attached hydrogens (tertiary/aromatic N) is 4. The van der Waals surface area contributed by atoms with Crippen molar-refractivity contribution in [3.05, 3.63) is 95.6 Å². The van der Waals surface area contributed by atoms with Gasteiger partial charge in [0, 0.05) is 19.8 Å². The van der Waals surface area contributed by atoms with Gasteiger partial charge in [-0.1, -0.05) is 42.5 Å². The van der Waals surface area contributed by atoms with Gasteiger partial charge in [0.25, 0.3) is 5.90 Å². The smallest absolute Gasteiger partial charge is 0.262 e. The summed E-state index contributed by atoms with van der Waals surface area (Å²) in [5, 5.41) is 11.6. The summed E-state index contributed by atoms with van der Waals surface area (Å²) in [5.41, 5.74) is 4.13. The number of hydrogen-bond acceptors (Lipinski definition) is 6. The molecule has 0 spiro atoms. The van der Waals surface area contributed by atoms with Crippen molar-refractivity contribution in [2.45, 2.75) is 6.17 Å². The molecule has 0 radical (unpaired) electrons. The average molecular weight is 425 g/mol. The van der Waals surface area contributed by atoms with E-state index in [0.29, 0.717) is 5.57 Å². The zero-order valence-electron chi connectivity index (χ0n) is 18.3. The van der Waals surface area contributed by atoms with Crippen LogP contribution in [-0.4, -0.2) is 27.1 Å². The van der Waals surface area contributed by atoms with Crippen molar-refractivity contribution < 1.29 is 9.57 Å². The maximum absolute atomic E-state index is 9.83. The Morgan fingerprint density at radius 3 is 2.31 bits per heavy atom. The third-order valence-corrected chi connectivity index (χ3v) is 5.14. The van der Waals surface area contributed by atoms with Crippen LogP contribution in [0.2, 0.25) is 0 Å². The lowest BCUT2D eigenvalue weighted by Gasteiger charge is -2.23. The highest BCUT2D eigenvalue weighted by Crippen LogP contribution is 2.35. The highest BCUT2D eigenvalue weighted by molar-refractivity contribution is 6.03. The van der Waals surface area contributed by atoms with Crippen molar-refractivity contribution >= 4 is 23.3 Å². The molecule has 6 nitrogen and oxygen atoms in total. The topological polar surface area (TPSA) is 61.1 Å². The van der Waals surface area contributed by atoms with Crippen LogP contribution in [0.3, 0.4) is 0 Å². The predicted molar refractivity (Wildman–Crippen MR) is 128 cm³/mol. The van der Waals surface area contributed by atoms with Gasteiger partial charge in [0.05, 0.1) is 12.8 Å². The molecule has 0 aromatic heterocycles. The number of nitriles is 1. The van der Waals surface area contributed by atoms with Gasteiger partial charge >= 0.3 is 0 Å². The highest BCUT2D eigenvalue weighted by atomic mass is 16.7. The predicted octanol–water partition coefficient (Wildman–Crippen LogP) is 5.22. The Morgan fingerprint density at radius 1 is 1.03 bits per heavy atom. The van der Waals surface area contributed by atoms with Gasteiger partial charge in [-0.3, -0.25) is 0 Å².